The van der Waals surface area contributed by atoms with E-state index in [9.17, 15) is 4.79 Å². The van der Waals surface area contributed by atoms with E-state index in [4.69, 9.17) is 9.47 Å². The zero-order valence-electron chi connectivity index (χ0n) is 16.4. The van der Waals surface area contributed by atoms with Gasteiger partial charge in [-0.3, -0.25) is 4.79 Å². The van der Waals surface area contributed by atoms with Gasteiger partial charge in [0.05, 0.1) is 12.2 Å². The number of hydrogen-bond donors (Lipinski definition) is 2. The van der Waals surface area contributed by atoms with E-state index >= 15 is 0 Å². The number of nitrogens with zero attached hydrogens (tertiary/aromatic N) is 3. The number of fused-ring (bicyclic) bond motifs is 1. The van der Waals surface area contributed by atoms with Crippen LogP contribution in [-0.4, -0.2) is 53.7 Å². The molecule has 0 bridgehead atoms. The average Bonchev–Trinajstić information content (AvgIpc) is 3.23. The Bertz CT molecular complexity index is 842. The molecule has 8 heteroatoms. The normalized spacial score (nSPS) is 17.4. The van der Waals surface area contributed by atoms with Gasteiger partial charge in [0.1, 0.15) is 13.2 Å². The lowest BCUT2D eigenvalue weighted by Gasteiger charge is -2.27. The second-order valence-electron chi connectivity index (χ2n) is 7.99. The molecule has 3 heterocycles. The van der Waals surface area contributed by atoms with Crippen molar-refractivity contribution in [3.8, 4) is 11.5 Å². The number of benzene rings is 1. The van der Waals surface area contributed by atoms with E-state index in [0.717, 1.165) is 43.0 Å². The number of ether oxygens (including phenoxy) is 2. The summed E-state index contributed by atoms with van der Waals surface area (Å²) < 4.78 is 13.1. The van der Waals surface area contributed by atoms with Crippen molar-refractivity contribution < 1.29 is 14.3 Å². The van der Waals surface area contributed by atoms with Crippen LogP contribution in [0.2, 0.25) is 0 Å². The molecule has 0 aliphatic carbocycles. The van der Waals surface area contributed by atoms with E-state index in [0.29, 0.717) is 31.5 Å². The Kier molecular flexibility index (Phi) is 5.21. The van der Waals surface area contributed by atoms with Crippen LogP contribution in [0.25, 0.3) is 0 Å². The molecule has 150 valence electrons. The molecule has 0 unspecified atom stereocenters. The molecule has 2 aliphatic heterocycles. The maximum Gasteiger partial charge on any atom is 0.273 e. The summed E-state index contributed by atoms with van der Waals surface area (Å²) in [7, 11) is 0. The molecule has 2 aliphatic rings. The lowest BCUT2D eigenvalue weighted by atomic mass is 9.84. The monoisotopic (exact) mass is 385 g/mol. The summed E-state index contributed by atoms with van der Waals surface area (Å²) in [4.78, 5) is 12.6. The topological polar surface area (TPSA) is 90.3 Å². The van der Waals surface area contributed by atoms with Gasteiger partial charge in [0, 0.05) is 12.0 Å². The van der Waals surface area contributed by atoms with E-state index in [2.05, 4.69) is 34.8 Å². The number of rotatable bonds is 5. The maximum atomic E-state index is 12.6. The summed E-state index contributed by atoms with van der Waals surface area (Å²) in [6.07, 6.45) is 3.76. The molecule has 2 N–H and O–H groups in total. The predicted molar refractivity (Wildman–Crippen MR) is 104 cm³/mol. The third-order valence-electron chi connectivity index (χ3n) is 5.44. The van der Waals surface area contributed by atoms with Crippen molar-refractivity contribution in [1.29, 1.82) is 0 Å². The van der Waals surface area contributed by atoms with Crippen LogP contribution in [0, 0.1) is 0 Å². The number of nitrogens with one attached hydrogen (secondary N) is 2. The second kappa shape index (κ2) is 7.79. The summed E-state index contributed by atoms with van der Waals surface area (Å²) in [5.74, 6) is 1.32. The van der Waals surface area contributed by atoms with Crippen LogP contribution in [0.4, 0.5) is 0 Å². The van der Waals surface area contributed by atoms with Crippen LogP contribution >= 0.6 is 0 Å². The summed E-state index contributed by atoms with van der Waals surface area (Å²) >= 11 is 0. The minimum atomic E-state index is -0.267. The Labute approximate surface area is 164 Å². The SMILES string of the molecule is CC(C)(CNC(=O)c1cn(C2CCNCC2)nn1)c1ccc2c(c1)OCCO2. The molecular weight excluding hydrogens is 358 g/mol. The Morgan fingerprint density at radius 2 is 2.00 bits per heavy atom. The number of piperidine rings is 1. The Balaban J connectivity index is 1.39. The van der Waals surface area contributed by atoms with Crippen molar-refractivity contribution in [2.24, 2.45) is 0 Å². The number of aromatic nitrogens is 3. The molecule has 28 heavy (non-hydrogen) atoms. The summed E-state index contributed by atoms with van der Waals surface area (Å²) in [5, 5.41) is 14.5. The molecule has 4 rings (SSSR count). The van der Waals surface area contributed by atoms with Gasteiger partial charge in [-0.25, -0.2) is 4.68 Å². The minimum Gasteiger partial charge on any atom is -0.486 e. The largest absolute Gasteiger partial charge is 0.486 e. The smallest absolute Gasteiger partial charge is 0.273 e. The predicted octanol–water partition coefficient (Wildman–Crippen LogP) is 1.68. The van der Waals surface area contributed by atoms with Crippen LogP contribution in [0.3, 0.4) is 0 Å². The molecule has 8 nitrogen and oxygen atoms in total. The zero-order chi connectivity index (χ0) is 19.6. The van der Waals surface area contributed by atoms with Crippen molar-refractivity contribution in [3.63, 3.8) is 0 Å². The van der Waals surface area contributed by atoms with Gasteiger partial charge in [0.15, 0.2) is 17.2 Å². The van der Waals surface area contributed by atoms with E-state index in [1.54, 1.807) is 6.20 Å². The molecule has 1 aromatic carbocycles. The molecule has 1 saturated heterocycles. The van der Waals surface area contributed by atoms with Crippen molar-refractivity contribution in [3.05, 3.63) is 35.7 Å². The van der Waals surface area contributed by atoms with Crippen molar-refractivity contribution in [1.82, 2.24) is 25.6 Å². The van der Waals surface area contributed by atoms with Crippen molar-refractivity contribution >= 4 is 5.91 Å². The number of carbonyl (C=O) groups excluding carboxylic acids is 1. The molecule has 2 aromatic rings. The van der Waals surface area contributed by atoms with E-state index < -0.39 is 0 Å². The summed E-state index contributed by atoms with van der Waals surface area (Å²) in [6, 6.07) is 6.25. The highest BCUT2D eigenvalue weighted by Gasteiger charge is 2.25. The molecular formula is C20H27N5O3. The van der Waals surface area contributed by atoms with Gasteiger partial charge in [-0.15, -0.1) is 5.10 Å². The first kappa shape index (κ1) is 18.7. The van der Waals surface area contributed by atoms with Crippen molar-refractivity contribution in [2.75, 3.05) is 32.8 Å². The molecule has 0 atom stereocenters. The van der Waals surface area contributed by atoms with Gasteiger partial charge in [-0.05, 0) is 43.6 Å². The van der Waals surface area contributed by atoms with Gasteiger partial charge < -0.3 is 20.1 Å². The van der Waals surface area contributed by atoms with Crippen LogP contribution < -0.4 is 20.1 Å². The van der Waals surface area contributed by atoms with Gasteiger partial charge in [0.25, 0.3) is 5.91 Å². The van der Waals surface area contributed by atoms with Crippen LogP contribution in [0.5, 0.6) is 11.5 Å². The van der Waals surface area contributed by atoms with E-state index in [1.807, 2.05) is 22.9 Å². The van der Waals surface area contributed by atoms with Gasteiger partial charge >= 0.3 is 0 Å². The number of amides is 1. The molecule has 0 saturated carbocycles. The third kappa shape index (κ3) is 3.96. The van der Waals surface area contributed by atoms with Gasteiger partial charge in [-0.1, -0.05) is 25.1 Å². The maximum absolute atomic E-state index is 12.6. The lowest BCUT2D eigenvalue weighted by Crippen LogP contribution is -2.37. The highest BCUT2D eigenvalue weighted by atomic mass is 16.6. The van der Waals surface area contributed by atoms with Crippen LogP contribution in [0.1, 0.15) is 48.8 Å². The van der Waals surface area contributed by atoms with Gasteiger partial charge in [0.2, 0.25) is 0 Å². The van der Waals surface area contributed by atoms with E-state index in [-0.39, 0.29) is 11.3 Å². The first-order valence-electron chi connectivity index (χ1n) is 9.84. The Hall–Kier alpha value is -2.61. The summed E-state index contributed by atoms with van der Waals surface area (Å²) in [5.41, 5.74) is 1.17. The molecule has 0 radical (unpaired) electrons. The standard InChI is InChI=1S/C20H27N5O3/c1-20(2,14-3-4-17-18(11-14)28-10-9-27-17)13-22-19(26)16-12-25(24-23-16)15-5-7-21-8-6-15/h3-4,11-12,15,21H,5-10,13H2,1-2H3,(H,22,26). The zero-order valence-corrected chi connectivity index (χ0v) is 16.4. The first-order valence-corrected chi connectivity index (χ1v) is 9.84. The van der Waals surface area contributed by atoms with Crippen LogP contribution in [0.15, 0.2) is 24.4 Å². The highest BCUT2D eigenvalue weighted by molar-refractivity contribution is 5.91. The Morgan fingerprint density at radius 3 is 2.79 bits per heavy atom. The fourth-order valence-corrected chi connectivity index (χ4v) is 3.59. The fraction of sp³-hybridized carbons (Fsp3) is 0.550. The van der Waals surface area contributed by atoms with E-state index in [1.165, 1.54) is 0 Å². The summed E-state index contributed by atoms with van der Waals surface area (Å²) in [6.45, 7) is 7.72. The second-order valence-corrected chi connectivity index (χ2v) is 7.99. The average molecular weight is 385 g/mol. The minimum absolute atomic E-state index is 0.203. The molecule has 0 spiro atoms. The number of hydrogen-bond acceptors (Lipinski definition) is 6. The third-order valence-corrected chi connectivity index (χ3v) is 5.44. The lowest BCUT2D eigenvalue weighted by molar-refractivity contribution is 0.0940. The molecule has 1 amide bonds. The number of carbonyl (C=O) groups is 1. The van der Waals surface area contributed by atoms with Crippen LogP contribution in [-0.2, 0) is 5.41 Å². The van der Waals surface area contributed by atoms with Crippen molar-refractivity contribution in [2.45, 2.75) is 38.1 Å². The first-order chi connectivity index (χ1) is 13.5. The molecule has 1 fully saturated rings. The van der Waals surface area contributed by atoms with Gasteiger partial charge in [-0.2, -0.15) is 0 Å². The highest BCUT2D eigenvalue weighted by Crippen LogP contribution is 2.34. The quantitative estimate of drug-likeness (QED) is 0.814. The Morgan fingerprint density at radius 1 is 1.25 bits per heavy atom. The molecule has 1 aromatic heterocycles. The fourth-order valence-electron chi connectivity index (χ4n) is 3.59.